The molecule has 108 valence electrons. The van der Waals surface area contributed by atoms with Crippen molar-refractivity contribution in [2.24, 2.45) is 0 Å². The summed E-state index contributed by atoms with van der Waals surface area (Å²) >= 11 is 3.38. The number of amides is 1. The molecule has 0 radical (unpaired) electrons. The van der Waals surface area contributed by atoms with E-state index in [4.69, 9.17) is 0 Å². The van der Waals surface area contributed by atoms with Crippen LogP contribution in [0.2, 0.25) is 0 Å². The third-order valence-electron chi connectivity index (χ3n) is 3.61. The summed E-state index contributed by atoms with van der Waals surface area (Å²) in [5, 5.41) is 11.6. The summed E-state index contributed by atoms with van der Waals surface area (Å²) in [6.45, 7) is 0.692. The number of hydrogen-bond donors (Lipinski definition) is 0. The number of carbonyl (C=O) groups excluding carboxylic acids is 1. The van der Waals surface area contributed by atoms with E-state index in [0.29, 0.717) is 18.2 Å². The summed E-state index contributed by atoms with van der Waals surface area (Å²) in [6.07, 6.45) is 4.10. The van der Waals surface area contributed by atoms with Gasteiger partial charge in [0.1, 0.15) is 0 Å². The molecule has 1 amide bonds. The fraction of sp³-hybridized carbons (Fsp3) is 0.500. The van der Waals surface area contributed by atoms with Crippen LogP contribution in [0.5, 0.6) is 0 Å². The zero-order chi connectivity index (χ0) is 14.5. The summed E-state index contributed by atoms with van der Waals surface area (Å²) in [5.41, 5.74) is 0.366. The van der Waals surface area contributed by atoms with E-state index in [1.165, 1.54) is 12.1 Å². The molecule has 1 aliphatic carbocycles. The maximum Gasteiger partial charge on any atom is 0.270 e. The first kappa shape index (κ1) is 15.0. The van der Waals surface area contributed by atoms with Crippen molar-refractivity contribution in [3.8, 4) is 0 Å². The van der Waals surface area contributed by atoms with Gasteiger partial charge in [0, 0.05) is 35.6 Å². The normalized spacial score (nSPS) is 14.7. The van der Waals surface area contributed by atoms with Crippen LogP contribution in [-0.2, 0) is 0 Å². The Hall–Kier alpha value is -1.43. The molecule has 0 spiro atoms. The molecule has 0 heterocycles. The van der Waals surface area contributed by atoms with Crippen molar-refractivity contribution < 1.29 is 9.72 Å². The first-order chi connectivity index (χ1) is 9.63. The Morgan fingerprint density at radius 2 is 2.20 bits per heavy atom. The van der Waals surface area contributed by atoms with Gasteiger partial charge in [-0.2, -0.15) is 0 Å². The van der Waals surface area contributed by atoms with Crippen LogP contribution in [0, 0.1) is 10.1 Å². The van der Waals surface area contributed by atoms with Gasteiger partial charge >= 0.3 is 0 Å². The van der Waals surface area contributed by atoms with E-state index >= 15 is 0 Å². The summed E-state index contributed by atoms with van der Waals surface area (Å²) in [5.74, 6) is -0.0978. The Morgan fingerprint density at radius 1 is 1.45 bits per heavy atom. The molecule has 1 saturated carbocycles. The summed E-state index contributed by atoms with van der Waals surface area (Å²) < 4.78 is 0. The van der Waals surface area contributed by atoms with Crippen molar-refractivity contribution in [2.45, 2.75) is 31.7 Å². The van der Waals surface area contributed by atoms with Crippen LogP contribution in [0.3, 0.4) is 0 Å². The number of carbonyl (C=O) groups is 1. The number of alkyl halides is 1. The van der Waals surface area contributed by atoms with Crippen LogP contribution in [0.25, 0.3) is 0 Å². The maximum absolute atomic E-state index is 12.5. The fourth-order valence-electron chi connectivity index (χ4n) is 2.30. The number of halogens is 1. The van der Waals surface area contributed by atoms with Crippen molar-refractivity contribution in [3.05, 3.63) is 39.9 Å². The van der Waals surface area contributed by atoms with Gasteiger partial charge in [0.2, 0.25) is 0 Å². The zero-order valence-electron chi connectivity index (χ0n) is 11.1. The van der Waals surface area contributed by atoms with E-state index in [-0.39, 0.29) is 11.6 Å². The quantitative estimate of drug-likeness (QED) is 0.453. The lowest BCUT2D eigenvalue weighted by atomic mass is 9.90. The van der Waals surface area contributed by atoms with E-state index < -0.39 is 4.92 Å². The molecule has 1 fully saturated rings. The van der Waals surface area contributed by atoms with Crippen LogP contribution in [0.4, 0.5) is 5.69 Å². The molecule has 1 aromatic carbocycles. The number of nitro groups is 1. The Labute approximate surface area is 126 Å². The van der Waals surface area contributed by atoms with Gasteiger partial charge in [-0.1, -0.05) is 22.0 Å². The van der Waals surface area contributed by atoms with Crippen LogP contribution in [-0.4, -0.2) is 33.6 Å². The second kappa shape index (κ2) is 6.83. The molecule has 1 aliphatic rings. The van der Waals surface area contributed by atoms with Crippen LogP contribution in [0.1, 0.15) is 36.0 Å². The average molecular weight is 341 g/mol. The molecule has 0 N–H and O–H groups in total. The molecule has 1 aromatic rings. The number of rotatable bonds is 6. The van der Waals surface area contributed by atoms with Gasteiger partial charge in [-0.25, -0.2) is 0 Å². The molecular weight excluding hydrogens is 324 g/mol. The van der Waals surface area contributed by atoms with Gasteiger partial charge in [0.15, 0.2) is 0 Å². The summed E-state index contributed by atoms with van der Waals surface area (Å²) in [7, 11) is 0. The minimum atomic E-state index is -0.469. The van der Waals surface area contributed by atoms with Gasteiger partial charge in [-0.15, -0.1) is 0 Å². The minimum absolute atomic E-state index is 0.0371. The molecule has 20 heavy (non-hydrogen) atoms. The zero-order valence-corrected chi connectivity index (χ0v) is 12.7. The summed E-state index contributed by atoms with van der Waals surface area (Å²) in [6, 6.07) is 6.27. The predicted molar refractivity (Wildman–Crippen MR) is 80.2 cm³/mol. The Bertz CT molecular complexity index is 503. The van der Waals surface area contributed by atoms with E-state index in [0.717, 1.165) is 31.0 Å². The van der Waals surface area contributed by atoms with E-state index in [1.807, 2.05) is 4.90 Å². The first-order valence-corrected chi connectivity index (χ1v) is 7.87. The molecule has 0 bridgehead atoms. The van der Waals surface area contributed by atoms with Gasteiger partial charge < -0.3 is 4.90 Å². The lowest BCUT2D eigenvalue weighted by Crippen LogP contribution is -2.44. The molecule has 2 rings (SSSR count). The van der Waals surface area contributed by atoms with Gasteiger partial charge in [0.05, 0.1) is 4.92 Å². The number of non-ortho nitro benzene ring substituents is 1. The van der Waals surface area contributed by atoms with Crippen LogP contribution in [0.15, 0.2) is 24.3 Å². The minimum Gasteiger partial charge on any atom is -0.336 e. The molecule has 5 nitrogen and oxygen atoms in total. The molecule has 0 unspecified atom stereocenters. The van der Waals surface area contributed by atoms with Crippen molar-refractivity contribution in [1.82, 2.24) is 4.90 Å². The highest BCUT2D eigenvalue weighted by atomic mass is 79.9. The standard InChI is InChI=1S/C14H17BrN2O3/c15-8-3-9-16(12-5-2-6-12)14(18)11-4-1-7-13(10-11)17(19)20/h1,4,7,10,12H,2-3,5-6,8-9H2. The SMILES string of the molecule is O=C(c1cccc([N+](=O)[O-])c1)N(CCCBr)C1CCC1. The smallest absolute Gasteiger partial charge is 0.270 e. The number of hydrogen-bond acceptors (Lipinski definition) is 3. The van der Waals surface area contributed by atoms with Crippen LogP contribution >= 0.6 is 15.9 Å². The van der Waals surface area contributed by atoms with E-state index in [1.54, 1.807) is 12.1 Å². The maximum atomic E-state index is 12.5. The number of nitrogens with zero attached hydrogens (tertiary/aromatic N) is 2. The predicted octanol–water partition coefficient (Wildman–Crippen LogP) is 3.37. The second-order valence-electron chi connectivity index (χ2n) is 4.93. The molecule has 0 atom stereocenters. The molecule has 0 aromatic heterocycles. The van der Waals surface area contributed by atoms with Gasteiger partial charge in [0.25, 0.3) is 11.6 Å². The Kier molecular flexibility index (Phi) is 5.11. The largest absolute Gasteiger partial charge is 0.336 e. The summed E-state index contributed by atoms with van der Waals surface area (Å²) in [4.78, 5) is 24.7. The van der Waals surface area contributed by atoms with Crippen molar-refractivity contribution in [1.29, 1.82) is 0 Å². The van der Waals surface area contributed by atoms with Crippen LogP contribution < -0.4 is 0 Å². The highest BCUT2D eigenvalue weighted by molar-refractivity contribution is 9.09. The van der Waals surface area contributed by atoms with Gasteiger partial charge in [-0.05, 0) is 31.7 Å². The molecular formula is C14H17BrN2O3. The number of benzene rings is 1. The lowest BCUT2D eigenvalue weighted by Gasteiger charge is -2.37. The highest BCUT2D eigenvalue weighted by Gasteiger charge is 2.29. The third kappa shape index (κ3) is 3.36. The molecule has 6 heteroatoms. The monoisotopic (exact) mass is 340 g/mol. The fourth-order valence-corrected chi connectivity index (χ4v) is 2.55. The van der Waals surface area contributed by atoms with Gasteiger partial charge in [-0.3, -0.25) is 14.9 Å². The van der Waals surface area contributed by atoms with Crippen molar-refractivity contribution >= 4 is 27.5 Å². The second-order valence-corrected chi connectivity index (χ2v) is 5.73. The Balaban J connectivity index is 2.17. The van der Waals surface area contributed by atoms with E-state index in [9.17, 15) is 14.9 Å². The molecule has 0 aliphatic heterocycles. The third-order valence-corrected chi connectivity index (χ3v) is 4.17. The van der Waals surface area contributed by atoms with Crippen molar-refractivity contribution in [2.75, 3.05) is 11.9 Å². The van der Waals surface area contributed by atoms with E-state index in [2.05, 4.69) is 15.9 Å². The number of nitro benzene ring substituents is 1. The average Bonchev–Trinajstić information content (AvgIpc) is 2.40. The van der Waals surface area contributed by atoms with Crippen molar-refractivity contribution in [3.63, 3.8) is 0 Å². The topological polar surface area (TPSA) is 63.4 Å². The first-order valence-electron chi connectivity index (χ1n) is 6.75. The molecule has 0 saturated heterocycles. The lowest BCUT2D eigenvalue weighted by molar-refractivity contribution is -0.384. The Morgan fingerprint density at radius 3 is 2.75 bits per heavy atom. The highest BCUT2D eigenvalue weighted by Crippen LogP contribution is 2.27.